The van der Waals surface area contributed by atoms with Crippen molar-refractivity contribution >= 4 is 5.91 Å². The molecule has 1 amide bonds. The molecule has 10 heteroatoms. The summed E-state index contributed by atoms with van der Waals surface area (Å²) in [5.41, 5.74) is 0.515. The van der Waals surface area contributed by atoms with E-state index in [2.05, 4.69) is 4.98 Å². The number of hydrogen-bond donors (Lipinski definition) is 0. The SMILES string of the molecule is Cc1nc(C(F)(F)F)n2c1CN(C(=O)CCCc1cc(F)c(F)cc1F)CC2. The number of fused-ring (bicyclic) bond motifs is 1. The fraction of sp³-hybridized carbons (Fsp3) is 0.444. The summed E-state index contributed by atoms with van der Waals surface area (Å²) in [5.74, 6) is -4.60. The summed E-state index contributed by atoms with van der Waals surface area (Å²) < 4.78 is 79.9. The molecule has 4 nitrogen and oxygen atoms in total. The molecule has 1 aliphatic rings. The summed E-state index contributed by atoms with van der Waals surface area (Å²) >= 11 is 0. The number of aromatic nitrogens is 2. The Balaban J connectivity index is 1.61. The van der Waals surface area contributed by atoms with Crippen molar-refractivity contribution in [2.75, 3.05) is 6.54 Å². The van der Waals surface area contributed by atoms with Gasteiger partial charge < -0.3 is 9.47 Å². The van der Waals surface area contributed by atoms with Crippen molar-refractivity contribution in [1.29, 1.82) is 0 Å². The maximum Gasteiger partial charge on any atom is 0.449 e. The molecule has 1 aromatic heterocycles. The van der Waals surface area contributed by atoms with Gasteiger partial charge in [0.1, 0.15) is 5.82 Å². The van der Waals surface area contributed by atoms with Gasteiger partial charge in [0.15, 0.2) is 11.6 Å². The Morgan fingerprint density at radius 1 is 1.11 bits per heavy atom. The Bertz CT molecular complexity index is 906. The first kappa shape index (κ1) is 20.2. The van der Waals surface area contributed by atoms with Crippen LogP contribution in [-0.2, 0) is 30.5 Å². The van der Waals surface area contributed by atoms with Crippen LogP contribution >= 0.6 is 0 Å². The molecule has 0 saturated heterocycles. The van der Waals surface area contributed by atoms with Gasteiger partial charge in [-0.1, -0.05) is 0 Å². The highest BCUT2D eigenvalue weighted by Crippen LogP contribution is 2.32. The van der Waals surface area contributed by atoms with Crippen LogP contribution in [0.5, 0.6) is 0 Å². The lowest BCUT2D eigenvalue weighted by atomic mass is 10.1. The first-order valence-corrected chi connectivity index (χ1v) is 8.62. The van der Waals surface area contributed by atoms with Gasteiger partial charge in [-0.3, -0.25) is 4.79 Å². The number of benzene rings is 1. The van der Waals surface area contributed by atoms with Gasteiger partial charge in [0.2, 0.25) is 11.7 Å². The number of hydrogen-bond acceptors (Lipinski definition) is 2. The highest BCUT2D eigenvalue weighted by molar-refractivity contribution is 5.76. The van der Waals surface area contributed by atoms with E-state index in [0.29, 0.717) is 11.8 Å². The van der Waals surface area contributed by atoms with E-state index in [9.17, 15) is 31.1 Å². The monoisotopic (exact) mass is 405 g/mol. The molecule has 28 heavy (non-hydrogen) atoms. The summed E-state index contributed by atoms with van der Waals surface area (Å²) in [5, 5.41) is 0. The molecule has 0 aliphatic carbocycles. The molecule has 0 unspecified atom stereocenters. The summed E-state index contributed by atoms with van der Waals surface area (Å²) in [6, 6.07) is 1.22. The van der Waals surface area contributed by atoms with Gasteiger partial charge in [-0.05, 0) is 31.4 Å². The third-order valence-electron chi connectivity index (χ3n) is 4.74. The number of nitrogens with zero attached hydrogens (tertiary/aromatic N) is 3. The number of alkyl halides is 3. The lowest BCUT2D eigenvalue weighted by molar-refractivity contribution is -0.148. The highest BCUT2D eigenvalue weighted by Gasteiger charge is 2.39. The van der Waals surface area contributed by atoms with Crippen molar-refractivity contribution in [3.05, 3.63) is 52.4 Å². The fourth-order valence-electron chi connectivity index (χ4n) is 3.30. The van der Waals surface area contributed by atoms with Crippen molar-refractivity contribution in [2.45, 2.75) is 45.5 Å². The summed E-state index contributed by atoms with van der Waals surface area (Å²) in [4.78, 5) is 17.4. The third-order valence-corrected chi connectivity index (χ3v) is 4.74. The number of rotatable bonds is 4. The van der Waals surface area contributed by atoms with E-state index in [1.165, 1.54) is 11.8 Å². The van der Waals surface area contributed by atoms with Crippen molar-refractivity contribution in [2.24, 2.45) is 0 Å². The average Bonchev–Trinajstić information content (AvgIpc) is 2.96. The Labute approximate surface area is 156 Å². The van der Waals surface area contributed by atoms with Crippen LogP contribution in [0.4, 0.5) is 26.3 Å². The van der Waals surface area contributed by atoms with Crippen LogP contribution in [0, 0.1) is 24.4 Å². The van der Waals surface area contributed by atoms with E-state index in [1.807, 2.05) is 0 Å². The quantitative estimate of drug-likeness (QED) is 0.570. The molecule has 0 fully saturated rings. The van der Waals surface area contributed by atoms with E-state index < -0.39 is 29.5 Å². The molecule has 0 atom stereocenters. The molecule has 0 N–H and O–H groups in total. The average molecular weight is 405 g/mol. The number of carbonyl (C=O) groups excluding carboxylic acids is 1. The second kappa shape index (κ2) is 7.48. The maximum absolute atomic E-state index is 13.6. The van der Waals surface area contributed by atoms with Crippen LogP contribution < -0.4 is 0 Å². The van der Waals surface area contributed by atoms with E-state index in [0.717, 1.165) is 10.6 Å². The van der Waals surface area contributed by atoms with E-state index >= 15 is 0 Å². The molecular formula is C18H17F6N3O. The number of carbonyl (C=O) groups is 1. The van der Waals surface area contributed by atoms with E-state index in [1.54, 1.807) is 0 Å². The zero-order valence-corrected chi connectivity index (χ0v) is 14.9. The lowest BCUT2D eigenvalue weighted by Gasteiger charge is -2.29. The van der Waals surface area contributed by atoms with Gasteiger partial charge >= 0.3 is 6.18 Å². The van der Waals surface area contributed by atoms with Crippen molar-refractivity contribution in [3.8, 4) is 0 Å². The fourth-order valence-corrected chi connectivity index (χ4v) is 3.30. The second-order valence-corrected chi connectivity index (χ2v) is 6.64. The van der Waals surface area contributed by atoms with Crippen LogP contribution in [0.1, 0.15) is 35.6 Å². The smallest absolute Gasteiger partial charge is 0.335 e. The topological polar surface area (TPSA) is 38.1 Å². The maximum atomic E-state index is 13.6. The minimum atomic E-state index is -4.57. The normalized spacial score (nSPS) is 14.3. The van der Waals surface area contributed by atoms with E-state index in [4.69, 9.17) is 0 Å². The number of imidazole rings is 1. The Kier molecular flexibility index (Phi) is 5.40. The molecule has 3 rings (SSSR count). The minimum absolute atomic E-state index is 0.00723. The summed E-state index contributed by atoms with van der Waals surface area (Å²) in [6.45, 7) is 1.55. The highest BCUT2D eigenvalue weighted by atomic mass is 19.4. The Hall–Kier alpha value is -2.52. The van der Waals surface area contributed by atoms with Gasteiger partial charge in [-0.25, -0.2) is 18.2 Å². The van der Waals surface area contributed by atoms with Crippen LogP contribution in [0.3, 0.4) is 0 Å². The zero-order chi connectivity index (χ0) is 20.6. The summed E-state index contributed by atoms with van der Waals surface area (Å²) in [7, 11) is 0. The van der Waals surface area contributed by atoms with Crippen LogP contribution in [-0.4, -0.2) is 26.9 Å². The van der Waals surface area contributed by atoms with Gasteiger partial charge in [0.05, 0.1) is 17.9 Å². The number of halogens is 6. The predicted octanol–water partition coefficient (Wildman–Crippen LogP) is 3.99. The Morgan fingerprint density at radius 3 is 2.46 bits per heavy atom. The molecule has 2 aromatic rings. The summed E-state index contributed by atoms with van der Waals surface area (Å²) in [6.07, 6.45) is -4.32. The van der Waals surface area contributed by atoms with Crippen LogP contribution in [0.25, 0.3) is 0 Å². The predicted molar refractivity (Wildman–Crippen MR) is 86.6 cm³/mol. The van der Waals surface area contributed by atoms with Crippen LogP contribution in [0.15, 0.2) is 12.1 Å². The zero-order valence-electron chi connectivity index (χ0n) is 14.9. The van der Waals surface area contributed by atoms with Crippen molar-refractivity contribution in [1.82, 2.24) is 14.5 Å². The molecule has 0 bridgehead atoms. The minimum Gasteiger partial charge on any atom is -0.335 e. The first-order valence-electron chi connectivity index (χ1n) is 8.62. The number of amides is 1. The van der Waals surface area contributed by atoms with Gasteiger partial charge in [-0.2, -0.15) is 13.2 Å². The van der Waals surface area contributed by atoms with Gasteiger partial charge in [0, 0.05) is 25.6 Å². The molecular weight excluding hydrogens is 388 g/mol. The molecule has 1 aliphatic heterocycles. The second-order valence-electron chi connectivity index (χ2n) is 6.64. The third kappa shape index (κ3) is 4.00. The van der Waals surface area contributed by atoms with Gasteiger partial charge in [-0.15, -0.1) is 0 Å². The molecule has 0 spiro atoms. The molecule has 2 heterocycles. The number of aryl methyl sites for hydroxylation is 2. The Morgan fingerprint density at radius 2 is 1.79 bits per heavy atom. The molecule has 1 aromatic carbocycles. The molecule has 0 radical (unpaired) electrons. The van der Waals surface area contributed by atoms with Gasteiger partial charge in [0.25, 0.3) is 0 Å². The molecule has 152 valence electrons. The van der Waals surface area contributed by atoms with Crippen molar-refractivity contribution in [3.63, 3.8) is 0 Å². The standard InChI is InChI=1S/C18H17F6N3O/c1-10-15-9-26(5-6-27(15)17(25-10)18(22,23)24)16(28)4-2-3-11-7-13(20)14(21)8-12(11)19/h7-8H,2-6,9H2,1H3. The first-order chi connectivity index (χ1) is 13.1. The lowest BCUT2D eigenvalue weighted by Crippen LogP contribution is -2.39. The van der Waals surface area contributed by atoms with Crippen molar-refractivity contribution < 1.29 is 31.1 Å². The largest absolute Gasteiger partial charge is 0.449 e. The van der Waals surface area contributed by atoms with E-state index in [-0.39, 0.29) is 56.1 Å². The molecule has 0 saturated carbocycles. The van der Waals surface area contributed by atoms with Crippen LogP contribution in [0.2, 0.25) is 0 Å².